The zero-order valence-corrected chi connectivity index (χ0v) is 20.9. The SMILES string of the molecule is CCCN(C(=O)C1CCN(Cc2nc3ccccc3n2-c2cccc(Br)c2)CC1)C(C)C. The van der Waals surface area contributed by atoms with Crippen LogP contribution in [0, 0.1) is 5.92 Å². The fourth-order valence-electron chi connectivity index (χ4n) is 4.72. The van der Waals surface area contributed by atoms with Crippen molar-refractivity contribution >= 4 is 32.9 Å². The minimum atomic E-state index is 0.143. The van der Waals surface area contributed by atoms with E-state index in [0.29, 0.717) is 5.91 Å². The number of amides is 1. The maximum absolute atomic E-state index is 13.1. The molecule has 0 aliphatic carbocycles. The molecule has 32 heavy (non-hydrogen) atoms. The number of likely N-dealkylation sites (tertiary alicyclic amines) is 1. The molecule has 5 nitrogen and oxygen atoms in total. The minimum Gasteiger partial charge on any atom is -0.340 e. The third kappa shape index (κ3) is 4.91. The number of carbonyl (C=O) groups is 1. The summed E-state index contributed by atoms with van der Waals surface area (Å²) in [4.78, 5) is 22.5. The molecule has 6 heteroatoms. The third-order valence-corrected chi connectivity index (χ3v) is 6.86. The normalized spacial score (nSPS) is 15.5. The first-order valence-corrected chi connectivity index (χ1v) is 12.5. The Kier molecular flexibility index (Phi) is 7.31. The molecule has 4 rings (SSSR count). The predicted octanol–water partition coefficient (Wildman–Crippen LogP) is 5.65. The monoisotopic (exact) mass is 496 g/mol. The Morgan fingerprint density at radius 1 is 1.16 bits per heavy atom. The molecule has 3 aromatic rings. The van der Waals surface area contributed by atoms with E-state index in [1.165, 1.54) is 0 Å². The van der Waals surface area contributed by atoms with Gasteiger partial charge in [0.05, 0.1) is 17.6 Å². The second kappa shape index (κ2) is 10.2. The average molecular weight is 497 g/mol. The Hall–Kier alpha value is -2.18. The number of fused-ring (bicyclic) bond motifs is 1. The summed E-state index contributed by atoms with van der Waals surface area (Å²) in [6, 6.07) is 16.9. The molecular weight excluding hydrogens is 464 g/mol. The molecule has 1 fully saturated rings. The van der Waals surface area contributed by atoms with E-state index >= 15 is 0 Å². The van der Waals surface area contributed by atoms with Crippen LogP contribution in [-0.2, 0) is 11.3 Å². The first kappa shape index (κ1) is 23.0. The molecule has 1 amide bonds. The largest absolute Gasteiger partial charge is 0.340 e. The number of halogens is 1. The van der Waals surface area contributed by atoms with Gasteiger partial charge in [0.1, 0.15) is 5.82 Å². The van der Waals surface area contributed by atoms with Gasteiger partial charge >= 0.3 is 0 Å². The van der Waals surface area contributed by atoms with E-state index in [2.05, 4.69) is 87.5 Å². The van der Waals surface area contributed by atoms with E-state index in [9.17, 15) is 4.79 Å². The maximum Gasteiger partial charge on any atom is 0.226 e. The Labute approximate surface area is 199 Å². The van der Waals surface area contributed by atoms with Crippen molar-refractivity contribution in [1.82, 2.24) is 19.4 Å². The van der Waals surface area contributed by atoms with Crippen LogP contribution in [-0.4, -0.2) is 50.9 Å². The van der Waals surface area contributed by atoms with Crippen LogP contribution in [0.25, 0.3) is 16.7 Å². The lowest BCUT2D eigenvalue weighted by Gasteiger charge is -2.35. The number of imidazole rings is 1. The highest BCUT2D eigenvalue weighted by molar-refractivity contribution is 9.10. The smallest absolute Gasteiger partial charge is 0.226 e. The molecule has 2 heterocycles. The molecule has 1 aliphatic heterocycles. The Balaban J connectivity index is 1.51. The van der Waals surface area contributed by atoms with Gasteiger partial charge in [-0.15, -0.1) is 0 Å². The topological polar surface area (TPSA) is 41.4 Å². The van der Waals surface area contributed by atoms with Gasteiger partial charge in [0.15, 0.2) is 0 Å². The van der Waals surface area contributed by atoms with E-state index in [1.807, 2.05) is 12.1 Å². The summed E-state index contributed by atoms with van der Waals surface area (Å²) >= 11 is 3.61. The molecule has 170 valence electrons. The van der Waals surface area contributed by atoms with Gasteiger partial charge in [-0.1, -0.05) is 41.1 Å². The van der Waals surface area contributed by atoms with Gasteiger partial charge in [-0.2, -0.15) is 0 Å². The van der Waals surface area contributed by atoms with Gasteiger partial charge in [-0.05, 0) is 76.5 Å². The lowest BCUT2D eigenvalue weighted by molar-refractivity contribution is -0.138. The van der Waals surface area contributed by atoms with Gasteiger partial charge in [-0.3, -0.25) is 14.3 Å². The number of nitrogens with zero attached hydrogens (tertiary/aromatic N) is 4. The minimum absolute atomic E-state index is 0.143. The molecule has 2 aromatic carbocycles. The van der Waals surface area contributed by atoms with Crippen LogP contribution in [0.4, 0.5) is 0 Å². The van der Waals surface area contributed by atoms with Crippen molar-refractivity contribution in [2.24, 2.45) is 5.92 Å². The van der Waals surface area contributed by atoms with Crippen molar-refractivity contribution < 1.29 is 4.79 Å². The number of piperidine rings is 1. The highest BCUT2D eigenvalue weighted by Crippen LogP contribution is 2.27. The standard InChI is InChI=1S/C26H33BrN4O/c1-4-14-30(19(2)3)26(32)20-12-15-29(16-13-20)18-25-28-23-10-5-6-11-24(23)31(25)22-9-7-8-21(27)17-22/h5-11,17,19-20H,4,12-16,18H2,1-3H3. The number of rotatable bonds is 7. The molecule has 0 spiro atoms. The predicted molar refractivity (Wildman–Crippen MR) is 134 cm³/mol. The van der Waals surface area contributed by atoms with E-state index in [1.54, 1.807) is 0 Å². The first-order valence-electron chi connectivity index (χ1n) is 11.7. The highest BCUT2D eigenvalue weighted by Gasteiger charge is 2.30. The lowest BCUT2D eigenvalue weighted by Crippen LogP contribution is -2.45. The summed E-state index contributed by atoms with van der Waals surface area (Å²) in [6.07, 6.45) is 2.85. The van der Waals surface area contributed by atoms with Crippen molar-refractivity contribution in [2.75, 3.05) is 19.6 Å². The second-order valence-electron chi connectivity index (χ2n) is 9.01. The summed E-state index contributed by atoms with van der Waals surface area (Å²) in [7, 11) is 0. The fourth-order valence-corrected chi connectivity index (χ4v) is 5.11. The molecule has 0 saturated carbocycles. The molecule has 0 N–H and O–H groups in total. The molecule has 0 radical (unpaired) electrons. The van der Waals surface area contributed by atoms with Gasteiger partial charge in [0, 0.05) is 28.7 Å². The first-order chi connectivity index (χ1) is 15.5. The van der Waals surface area contributed by atoms with Gasteiger partial charge < -0.3 is 4.90 Å². The molecule has 1 aliphatic rings. The van der Waals surface area contributed by atoms with Crippen LogP contribution in [0.3, 0.4) is 0 Å². The van der Waals surface area contributed by atoms with E-state index < -0.39 is 0 Å². The van der Waals surface area contributed by atoms with E-state index in [-0.39, 0.29) is 12.0 Å². The Bertz CT molecular complexity index is 1070. The van der Waals surface area contributed by atoms with Gasteiger partial charge in [0.2, 0.25) is 5.91 Å². The Morgan fingerprint density at radius 2 is 1.91 bits per heavy atom. The zero-order valence-electron chi connectivity index (χ0n) is 19.3. The number of para-hydroxylation sites is 2. The molecule has 0 atom stereocenters. The number of aromatic nitrogens is 2. The van der Waals surface area contributed by atoms with Gasteiger partial charge in [-0.25, -0.2) is 4.98 Å². The summed E-state index contributed by atoms with van der Waals surface area (Å²) in [5.74, 6) is 1.52. The van der Waals surface area contributed by atoms with Crippen molar-refractivity contribution in [3.63, 3.8) is 0 Å². The molecular formula is C26H33BrN4O. The number of hydrogen-bond acceptors (Lipinski definition) is 3. The maximum atomic E-state index is 13.1. The lowest BCUT2D eigenvalue weighted by atomic mass is 9.94. The third-order valence-electron chi connectivity index (χ3n) is 6.37. The van der Waals surface area contributed by atoms with Crippen LogP contribution in [0.15, 0.2) is 53.0 Å². The summed E-state index contributed by atoms with van der Waals surface area (Å²) in [5.41, 5.74) is 3.25. The van der Waals surface area contributed by atoms with Crippen LogP contribution in [0.1, 0.15) is 45.9 Å². The van der Waals surface area contributed by atoms with Crippen molar-refractivity contribution in [3.8, 4) is 5.69 Å². The van der Waals surface area contributed by atoms with Crippen LogP contribution in [0.2, 0.25) is 0 Å². The van der Waals surface area contributed by atoms with E-state index in [4.69, 9.17) is 4.98 Å². The molecule has 1 saturated heterocycles. The van der Waals surface area contributed by atoms with Crippen LogP contribution < -0.4 is 0 Å². The van der Waals surface area contributed by atoms with Gasteiger partial charge in [0.25, 0.3) is 0 Å². The number of carbonyl (C=O) groups excluding carboxylic acids is 1. The Morgan fingerprint density at radius 3 is 2.59 bits per heavy atom. The summed E-state index contributed by atoms with van der Waals surface area (Å²) in [5, 5.41) is 0. The van der Waals surface area contributed by atoms with Crippen molar-refractivity contribution in [1.29, 1.82) is 0 Å². The van der Waals surface area contributed by atoms with Crippen molar-refractivity contribution in [2.45, 2.75) is 52.6 Å². The second-order valence-corrected chi connectivity index (χ2v) is 9.92. The van der Waals surface area contributed by atoms with E-state index in [0.717, 1.165) is 72.5 Å². The fraction of sp³-hybridized carbons (Fsp3) is 0.462. The summed E-state index contributed by atoms with van der Waals surface area (Å²) < 4.78 is 3.32. The van der Waals surface area contributed by atoms with Crippen molar-refractivity contribution in [3.05, 3.63) is 58.8 Å². The van der Waals surface area contributed by atoms with Crippen LogP contribution in [0.5, 0.6) is 0 Å². The average Bonchev–Trinajstić information content (AvgIpc) is 3.15. The number of benzene rings is 2. The molecule has 0 unspecified atom stereocenters. The highest BCUT2D eigenvalue weighted by atomic mass is 79.9. The number of hydrogen-bond donors (Lipinski definition) is 0. The zero-order chi connectivity index (χ0) is 22.7. The van der Waals surface area contributed by atoms with Crippen LogP contribution >= 0.6 is 15.9 Å². The molecule has 0 bridgehead atoms. The molecule has 1 aromatic heterocycles. The quantitative estimate of drug-likeness (QED) is 0.424. The summed E-state index contributed by atoms with van der Waals surface area (Å²) in [6.45, 7) is 9.87.